The van der Waals surface area contributed by atoms with Crippen LogP contribution < -0.4 is 9.47 Å². The highest BCUT2D eigenvalue weighted by molar-refractivity contribution is 5.93. The number of carbonyl (C=O) groups is 2. The van der Waals surface area contributed by atoms with Crippen LogP contribution in [0.2, 0.25) is 0 Å². The summed E-state index contributed by atoms with van der Waals surface area (Å²) in [5.41, 5.74) is 3.30. The molecule has 2 heterocycles. The Balaban J connectivity index is 1.38. The highest BCUT2D eigenvalue weighted by Crippen LogP contribution is 2.34. The number of methoxy groups -OCH3 is 2. The van der Waals surface area contributed by atoms with Gasteiger partial charge in [-0.1, -0.05) is 18.2 Å². The summed E-state index contributed by atoms with van der Waals surface area (Å²) in [6.07, 6.45) is 7.31. The van der Waals surface area contributed by atoms with Crippen LogP contribution >= 0.6 is 0 Å². The Bertz CT molecular complexity index is 1270. The first-order valence-electron chi connectivity index (χ1n) is 12.2. The average molecular weight is 487 g/mol. The fourth-order valence-corrected chi connectivity index (χ4v) is 4.43. The quantitative estimate of drug-likeness (QED) is 0.477. The van der Waals surface area contributed by atoms with Gasteiger partial charge in [0, 0.05) is 55.5 Å². The van der Waals surface area contributed by atoms with Gasteiger partial charge >= 0.3 is 0 Å². The van der Waals surface area contributed by atoms with E-state index in [9.17, 15) is 9.59 Å². The molecule has 0 radical (unpaired) electrons. The number of nitrogens with zero attached hydrogens (tertiary/aromatic N) is 4. The first kappa shape index (κ1) is 23.7. The lowest BCUT2D eigenvalue weighted by Gasteiger charge is -2.34. The van der Waals surface area contributed by atoms with Gasteiger partial charge in [-0.15, -0.1) is 0 Å². The van der Waals surface area contributed by atoms with Crippen LogP contribution in [0, 0.1) is 5.92 Å². The highest BCUT2D eigenvalue weighted by Gasteiger charge is 2.35. The molecule has 8 nitrogen and oxygen atoms in total. The zero-order valence-electron chi connectivity index (χ0n) is 20.6. The molecule has 0 atom stereocenters. The van der Waals surface area contributed by atoms with Gasteiger partial charge in [0.25, 0.3) is 0 Å². The van der Waals surface area contributed by atoms with Crippen molar-refractivity contribution in [2.75, 3.05) is 40.4 Å². The van der Waals surface area contributed by atoms with E-state index in [1.54, 1.807) is 29.9 Å². The van der Waals surface area contributed by atoms with Crippen LogP contribution in [0.5, 0.6) is 11.5 Å². The number of benzene rings is 2. The van der Waals surface area contributed by atoms with Gasteiger partial charge in [0.05, 0.1) is 19.9 Å². The zero-order chi connectivity index (χ0) is 25.1. The average Bonchev–Trinajstić information content (AvgIpc) is 3.70. The number of aromatic nitrogens is 2. The molecule has 5 rings (SSSR count). The SMILES string of the molecule is COc1ccc(-c2nn(-c3ccccc3)cc2C=CC(=O)N2CCN(C(=O)C3CC3)CC2)cc1OC. The van der Waals surface area contributed by atoms with Gasteiger partial charge in [0.1, 0.15) is 5.69 Å². The van der Waals surface area contributed by atoms with Crippen LogP contribution in [0.4, 0.5) is 0 Å². The van der Waals surface area contributed by atoms with E-state index >= 15 is 0 Å². The maximum Gasteiger partial charge on any atom is 0.246 e. The fraction of sp³-hybridized carbons (Fsp3) is 0.321. The Labute approximate surface area is 210 Å². The Kier molecular flexibility index (Phi) is 6.75. The summed E-state index contributed by atoms with van der Waals surface area (Å²) in [5, 5.41) is 4.82. The zero-order valence-corrected chi connectivity index (χ0v) is 20.6. The van der Waals surface area contributed by atoms with Crippen LogP contribution in [0.15, 0.2) is 60.8 Å². The van der Waals surface area contributed by atoms with E-state index in [-0.39, 0.29) is 17.7 Å². The fourth-order valence-electron chi connectivity index (χ4n) is 4.43. The molecule has 0 N–H and O–H groups in total. The van der Waals surface area contributed by atoms with Gasteiger partial charge in [-0.25, -0.2) is 4.68 Å². The number of amides is 2. The third-order valence-corrected chi connectivity index (χ3v) is 6.66. The largest absolute Gasteiger partial charge is 0.493 e. The Morgan fingerprint density at radius 1 is 0.917 bits per heavy atom. The predicted molar refractivity (Wildman–Crippen MR) is 137 cm³/mol. The van der Waals surface area contributed by atoms with Gasteiger partial charge < -0.3 is 19.3 Å². The van der Waals surface area contributed by atoms with Crippen molar-refractivity contribution in [3.63, 3.8) is 0 Å². The van der Waals surface area contributed by atoms with Gasteiger partial charge in [-0.3, -0.25) is 9.59 Å². The Morgan fingerprint density at radius 3 is 2.28 bits per heavy atom. The third-order valence-electron chi connectivity index (χ3n) is 6.66. The normalized spacial score (nSPS) is 15.8. The van der Waals surface area contributed by atoms with E-state index in [0.717, 1.165) is 35.3 Å². The van der Waals surface area contributed by atoms with Crippen LogP contribution in [0.25, 0.3) is 23.0 Å². The molecule has 2 fully saturated rings. The molecule has 0 bridgehead atoms. The second-order valence-corrected chi connectivity index (χ2v) is 9.04. The number of hydrogen-bond donors (Lipinski definition) is 0. The lowest BCUT2D eigenvalue weighted by Crippen LogP contribution is -2.50. The van der Waals surface area contributed by atoms with E-state index < -0.39 is 0 Å². The summed E-state index contributed by atoms with van der Waals surface area (Å²) in [5.74, 6) is 1.62. The summed E-state index contributed by atoms with van der Waals surface area (Å²) < 4.78 is 12.7. The van der Waals surface area contributed by atoms with E-state index in [0.29, 0.717) is 37.7 Å². The number of piperazine rings is 1. The molecule has 36 heavy (non-hydrogen) atoms. The van der Waals surface area contributed by atoms with Crippen LogP contribution in [0.1, 0.15) is 18.4 Å². The van der Waals surface area contributed by atoms with Crippen LogP contribution in [-0.4, -0.2) is 71.8 Å². The van der Waals surface area contributed by atoms with E-state index in [1.165, 1.54) is 0 Å². The van der Waals surface area contributed by atoms with Gasteiger partial charge in [-0.2, -0.15) is 5.10 Å². The minimum absolute atomic E-state index is 0.0701. The number of ether oxygens (including phenoxy) is 2. The maximum absolute atomic E-state index is 13.0. The number of hydrogen-bond acceptors (Lipinski definition) is 5. The molecule has 1 aliphatic carbocycles. The van der Waals surface area contributed by atoms with Crippen molar-refractivity contribution in [1.29, 1.82) is 0 Å². The second-order valence-electron chi connectivity index (χ2n) is 9.04. The van der Waals surface area contributed by atoms with Crippen molar-refractivity contribution in [2.45, 2.75) is 12.8 Å². The molecule has 1 saturated carbocycles. The van der Waals surface area contributed by atoms with E-state index in [1.807, 2.05) is 65.7 Å². The maximum atomic E-state index is 13.0. The van der Waals surface area contributed by atoms with Gasteiger partial charge in [0.2, 0.25) is 11.8 Å². The first-order valence-corrected chi connectivity index (χ1v) is 12.2. The lowest BCUT2D eigenvalue weighted by molar-refractivity contribution is -0.138. The smallest absolute Gasteiger partial charge is 0.246 e. The number of rotatable bonds is 7. The molecule has 0 unspecified atom stereocenters. The first-order chi connectivity index (χ1) is 17.6. The van der Waals surface area contributed by atoms with Crippen molar-refractivity contribution in [2.24, 2.45) is 5.92 Å². The lowest BCUT2D eigenvalue weighted by atomic mass is 10.1. The molecule has 2 aliphatic rings. The van der Waals surface area contributed by atoms with Crippen molar-refractivity contribution in [1.82, 2.24) is 19.6 Å². The monoisotopic (exact) mass is 486 g/mol. The summed E-state index contributed by atoms with van der Waals surface area (Å²) in [4.78, 5) is 29.0. The topological polar surface area (TPSA) is 76.9 Å². The number of carbonyl (C=O) groups excluding carboxylic acids is 2. The van der Waals surface area contributed by atoms with E-state index in [2.05, 4.69) is 0 Å². The van der Waals surface area contributed by atoms with Crippen molar-refractivity contribution >= 4 is 17.9 Å². The Hall–Kier alpha value is -4.07. The van der Waals surface area contributed by atoms with Crippen molar-refractivity contribution in [3.8, 4) is 28.4 Å². The molecule has 1 aliphatic heterocycles. The highest BCUT2D eigenvalue weighted by atomic mass is 16.5. The Morgan fingerprint density at radius 2 is 1.61 bits per heavy atom. The summed E-state index contributed by atoms with van der Waals surface area (Å²) in [6, 6.07) is 15.5. The van der Waals surface area contributed by atoms with Crippen molar-refractivity contribution in [3.05, 3.63) is 66.4 Å². The summed E-state index contributed by atoms with van der Waals surface area (Å²) in [6.45, 7) is 2.29. The third kappa shape index (κ3) is 4.98. The molecular weight excluding hydrogens is 456 g/mol. The molecule has 3 aromatic rings. The van der Waals surface area contributed by atoms with Crippen LogP contribution in [-0.2, 0) is 9.59 Å². The molecule has 8 heteroatoms. The number of para-hydroxylation sites is 1. The predicted octanol–water partition coefficient (Wildman–Crippen LogP) is 3.65. The molecule has 1 aromatic heterocycles. The minimum Gasteiger partial charge on any atom is -0.493 e. The summed E-state index contributed by atoms with van der Waals surface area (Å²) in [7, 11) is 3.20. The standard InChI is InChI=1S/C28H30N4O4/c1-35-24-12-10-21(18-25(24)36-2)27-22(19-32(29-27)23-6-4-3-5-7-23)11-13-26(33)30-14-16-31(17-15-30)28(34)20-8-9-20/h3-7,10-13,18-20H,8-9,14-17H2,1-2H3. The van der Waals surface area contributed by atoms with E-state index in [4.69, 9.17) is 14.6 Å². The molecule has 2 amide bonds. The molecular formula is C28H30N4O4. The minimum atomic E-state index is -0.0701. The van der Waals surface area contributed by atoms with Gasteiger partial charge in [0.15, 0.2) is 11.5 Å². The van der Waals surface area contributed by atoms with Gasteiger partial charge in [-0.05, 0) is 49.2 Å². The van der Waals surface area contributed by atoms with Crippen LogP contribution in [0.3, 0.4) is 0 Å². The second kappa shape index (κ2) is 10.3. The molecule has 1 saturated heterocycles. The molecule has 0 spiro atoms. The summed E-state index contributed by atoms with van der Waals surface area (Å²) >= 11 is 0. The molecule has 2 aromatic carbocycles. The molecule has 186 valence electrons. The van der Waals surface area contributed by atoms with Crippen molar-refractivity contribution < 1.29 is 19.1 Å².